The van der Waals surface area contributed by atoms with E-state index in [1.54, 1.807) is 0 Å². The van der Waals surface area contributed by atoms with Crippen LogP contribution >= 0.6 is 0 Å². The molecule has 0 bridgehead atoms. The summed E-state index contributed by atoms with van der Waals surface area (Å²) in [6, 6.07) is 0. The number of rotatable bonds is 2. The van der Waals surface area contributed by atoms with Gasteiger partial charge in [-0.1, -0.05) is 0 Å². The molecule has 1 aliphatic heterocycles. The van der Waals surface area contributed by atoms with Crippen LogP contribution in [-0.2, 0) is 4.74 Å². The average Bonchev–Trinajstić information content (AvgIpc) is 2.06. The van der Waals surface area contributed by atoms with Crippen molar-refractivity contribution in [1.29, 1.82) is 0 Å². The fourth-order valence-electron chi connectivity index (χ4n) is 1.59. The number of hydrogen-bond donors (Lipinski definition) is 0. The number of likely N-dealkylation sites (N-methyl/N-ethyl adjacent to an activating group) is 1. The molecule has 1 rings (SSSR count). The molecule has 2 nitrogen and oxygen atoms in total. The van der Waals surface area contributed by atoms with Crippen LogP contribution in [0.15, 0.2) is 0 Å². The van der Waals surface area contributed by atoms with E-state index in [-0.39, 0.29) is 17.0 Å². The largest absolute Gasteiger partial charge is 1.00 e. The molecule has 0 spiro atoms. The van der Waals surface area contributed by atoms with E-state index < -0.39 is 0 Å². The predicted octanol–water partition coefficient (Wildman–Crippen LogP) is -2.12. The molecule has 1 aliphatic rings. The zero-order valence-electron chi connectivity index (χ0n) is 7.48. The second kappa shape index (κ2) is 5.12. The molecule has 3 heteroatoms. The van der Waals surface area contributed by atoms with Gasteiger partial charge in [-0.05, 0) is 13.8 Å². The van der Waals surface area contributed by atoms with Gasteiger partial charge in [-0.15, -0.1) is 0 Å². The van der Waals surface area contributed by atoms with Gasteiger partial charge in [0, 0.05) is 0 Å². The maximum Gasteiger partial charge on any atom is 0.102 e. The molecule has 1 heterocycles. The van der Waals surface area contributed by atoms with E-state index in [1.807, 2.05) is 0 Å². The van der Waals surface area contributed by atoms with Crippen molar-refractivity contribution >= 4 is 0 Å². The minimum Gasteiger partial charge on any atom is -1.00 e. The van der Waals surface area contributed by atoms with E-state index in [0.717, 1.165) is 13.2 Å². The van der Waals surface area contributed by atoms with Crippen LogP contribution in [0.3, 0.4) is 0 Å². The van der Waals surface area contributed by atoms with E-state index in [9.17, 15) is 0 Å². The van der Waals surface area contributed by atoms with Gasteiger partial charge in [-0.25, -0.2) is 0 Å². The molecule has 1 fully saturated rings. The third kappa shape index (κ3) is 2.73. The number of nitrogens with zero attached hydrogens (tertiary/aromatic N) is 1. The molecule has 0 aromatic heterocycles. The average molecular weight is 224 g/mol. The molecule has 0 atom stereocenters. The van der Waals surface area contributed by atoms with Crippen LogP contribution in [-0.4, -0.2) is 43.9 Å². The van der Waals surface area contributed by atoms with Crippen LogP contribution in [0.1, 0.15) is 13.8 Å². The van der Waals surface area contributed by atoms with Gasteiger partial charge in [-0.2, -0.15) is 0 Å². The highest BCUT2D eigenvalue weighted by molar-refractivity contribution is 4.46. The Balaban J connectivity index is 0.000001000. The highest BCUT2D eigenvalue weighted by atomic mass is 79.9. The highest BCUT2D eigenvalue weighted by Crippen LogP contribution is 2.09. The molecule has 0 amide bonds. The van der Waals surface area contributed by atoms with E-state index in [0.29, 0.717) is 0 Å². The van der Waals surface area contributed by atoms with E-state index in [1.165, 1.54) is 30.7 Å². The van der Waals surface area contributed by atoms with Crippen molar-refractivity contribution in [2.45, 2.75) is 13.8 Å². The SMILES string of the molecule is CC[N+]1(CC)CCOCC1.[Br-]. The minimum absolute atomic E-state index is 0. The van der Waals surface area contributed by atoms with Gasteiger partial charge in [0.2, 0.25) is 0 Å². The summed E-state index contributed by atoms with van der Waals surface area (Å²) in [5.41, 5.74) is 0. The van der Waals surface area contributed by atoms with Gasteiger partial charge in [-0.3, -0.25) is 0 Å². The summed E-state index contributed by atoms with van der Waals surface area (Å²) in [6.45, 7) is 11.4. The molecule has 0 unspecified atom stereocenters. The third-order valence-electron chi connectivity index (χ3n) is 2.76. The van der Waals surface area contributed by atoms with Crippen LogP contribution in [0.4, 0.5) is 0 Å². The first kappa shape index (κ1) is 11.4. The van der Waals surface area contributed by atoms with Crippen LogP contribution in [0.2, 0.25) is 0 Å². The van der Waals surface area contributed by atoms with Crippen LogP contribution < -0.4 is 17.0 Å². The summed E-state index contributed by atoms with van der Waals surface area (Å²) in [5, 5.41) is 0. The zero-order valence-corrected chi connectivity index (χ0v) is 9.06. The molecule has 68 valence electrons. The quantitative estimate of drug-likeness (QED) is 0.487. The van der Waals surface area contributed by atoms with E-state index in [2.05, 4.69) is 13.8 Å². The highest BCUT2D eigenvalue weighted by Gasteiger charge is 2.25. The molecule has 0 N–H and O–H groups in total. The first-order valence-corrected chi connectivity index (χ1v) is 4.26. The fraction of sp³-hybridized carbons (Fsp3) is 1.00. The van der Waals surface area contributed by atoms with Gasteiger partial charge < -0.3 is 26.2 Å². The van der Waals surface area contributed by atoms with Crippen molar-refractivity contribution in [3.8, 4) is 0 Å². The molecule has 0 saturated carbocycles. The smallest absolute Gasteiger partial charge is 0.102 e. The van der Waals surface area contributed by atoms with Crippen molar-refractivity contribution < 1.29 is 26.2 Å². The number of ether oxygens (including phenoxy) is 1. The van der Waals surface area contributed by atoms with Gasteiger partial charge in [0.1, 0.15) is 13.1 Å². The summed E-state index contributed by atoms with van der Waals surface area (Å²) in [7, 11) is 0. The molecule has 11 heavy (non-hydrogen) atoms. The minimum atomic E-state index is 0. The van der Waals surface area contributed by atoms with Crippen molar-refractivity contribution in [2.24, 2.45) is 0 Å². The summed E-state index contributed by atoms with van der Waals surface area (Å²) in [5.74, 6) is 0. The third-order valence-corrected chi connectivity index (χ3v) is 2.76. The van der Waals surface area contributed by atoms with Gasteiger partial charge in [0.15, 0.2) is 0 Å². The number of halogens is 1. The lowest BCUT2D eigenvalue weighted by atomic mass is 10.3. The summed E-state index contributed by atoms with van der Waals surface area (Å²) in [6.07, 6.45) is 0. The predicted molar refractivity (Wildman–Crippen MR) is 41.9 cm³/mol. The Hall–Kier alpha value is 0.400. The zero-order chi connectivity index (χ0) is 7.45. The van der Waals surface area contributed by atoms with Gasteiger partial charge >= 0.3 is 0 Å². The van der Waals surface area contributed by atoms with Crippen molar-refractivity contribution in [3.63, 3.8) is 0 Å². The number of hydrogen-bond acceptors (Lipinski definition) is 1. The van der Waals surface area contributed by atoms with Crippen molar-refractivity contribution in [1.82, 2.24) is 0 Å². The molecular formula is C8H18BrNO. The van der Waals surface area contributed by atoms with Gasteiger partial charge in [0.05, 0.1) is 26.3 Å². The van der Waals surface area contributed by atoms with Crippen LogP contribution in [0.5, 0.6) is 0 Å². The Labute approximate surface area is 79.9 Å². The molecule has 0 aromatic carbocycles. The Kier molecular flexibility index (Phi) is 5.30. The lowest BCUT2D eigenvalue weighted by Gasteiger charge is -2.39. The monoisotopic (exact) mass is 223 g/mol. The second-order valence-electron chi connectivity index (χ2n) is 3.03. The van der Waals surface area contributed by atoms with Crippen LogP contribution in [0.25, 0.3) is 0 Å². The van der Waals surface area contributed by atoms with Crippen molar-refractivity contribution in [3.05, 3.63) is 0 Å². The van der Waals surface area contributed by atoms with Gasteiger partial charge in [0.25, 0.3) is 0 Å². The molecule has 0 aromatic rings. The first-order valence-electron chi connectivity index (χ1n) is 4.26. The molecule has 1 saturated heterocycles. The van der Waals surface area contributed by atoms with Crippen LogP contribution in [0, 0.1) is 0 Å². The summed E-state index contributed by atoms with van der Waals surface area (Å²) in [4.78, 5) is 0. The molecule has 0 radical (unpaired) electrons. The fourth-order valence-corrected chi connectivity index (χ4v) is 1.59. The second-order valence-corrected chi connectivity index (χ2v) is 3.03. The lowest BCUT2D eigenvalue weighted by molar-refractivity contribution is -0.931. The number of quaternary nitrogens is 1. The normalized spacial score (nSPS) is 22.4. The lowest BCUT2D eigenvalue weighted by Crippen LogP contribution is -3.00. The summed E-state index contributed by atoms with van der Waals surface area (Å²) >= 11 is 0. The summed E-state index contributed by atoms with van der Waals surface area (Å²) < 4.78 is 6.58. The van der Waals surface area contributed by atoms with Crippen molar-refractivity contribution in [2.75, 3.05) is 39.4 Å². The Morgan fingerprint density at radius 2 is 1.55 bits per heavy atom. The first-order chi connectivity index (χ1) is 4.83. The molecular weight excluding hydrogens is 206 g/mol. The van der Waals surface area contributed by atoms with E-state index >= 15 is 0 Å². The Bertz CT molecular complexity index is 96.3. The Morgan fingerprint density at radius 1 is 1.09 bits per heavy atom. The topological polar surface area (TPSA) is 9.23 Å². The maximum atomic E-state index is 5.31. The Morgan fingerprint density at radius 3 is 1.82 bits per heavy atom. The van der Waals surface area contributed by atoms with E-state index in [4.69, 9.17) is 4.74 Å². The maximum absolute atomic E-state index is 5.31. The standard InChI is InChI=1S/C8H18NO.BrH/c1-3-9(4-2)5-7-10-8-6-9;/h3-8H2,1-2H3;1H/q+1;/p-1. The molecule has 0 aliphatic carbocycles. The number of morpholine rings is 1.